The summed E-state index contributed by atoms with van der Waals surface area (Å²) in [5.41, 5.74) is 4.08. The highest BCUT2D eigenvalue weighted by Crippen LogP contribution is 2.26. The zero-order chi connectivity index (χ0) is 16.9. The molecule has 0 saturated carbocycles. The van der Waals surface area contributed by atoms with Crippen LogP contribution in [0.5, 0.6) is 0 Å². The molecule has 1 N–H and O–H groups in total. The molecule has 1 aromatic heterocycles. The molecule has 136 valence electrons. The maximum Gasteiger partial charge on any atom is 0.193 e. The second kappa shape index (κ2) is 9.22. The summed E-state index contributed by atoms with van der Waals surface area (Å²) in [6.07, 6.45) is 6.32. The molecule has 1 aliphatic rings. The van der Waals surface area contributed by atoms with Crippen LogP contribution >= 0.6 is 24.0 Å². The Morgan fingerprint density at radius 1 is 1.32 bits per heavy atom. The van der Waals surface area contributed by atoms with Crippen LogP contribution in [-0.4, -0.2) is 40.8 Å². The van der Waals surface area contributed by atoms with Crippen LogP contribution in [0.15, 0.2) is 41.7 Å². The van der Waals surface area contributed by atoms with Crippen LogP contribution in [0, 0.1) is 0 Å². The normalized spacial score (nSPS) is 17.5. The average Bonchev–Trinajstić information content (AvgIpc) is 3.25. The van der Waals surface area contributed by atoms with Gasteiger partial charge in [0.15, 0.2) is 5.96 Å². The molecule has 1 saturated heterocycles. The van der Waals surface area contributed by atoms with Gasteiger partial charge in [-0.2, -0.15) is 5.10 Å². The van der Waals surface area contributed by atoms with Gasteiger partial charge >= 0.3 is 0 Å². The lowest BCUT2D eigenvalue weighted by atomic mass is 10.0. The predicted octanol–water partition coefficient (Wildman–Crippen LogP) is 3.17. The molecule has 0 aliphatic carbocycles. The Kier molecular flexibility index (Phi) is 7.28. The highest BCUT2D eigenvalue weighted by atomic mass is 127. The van der Waals surface area contributed by atoms with Gasteiger partial charge in [-0.05, 0) is 29.5 Å². The van der Waals surface area contributed by atoms with Gasteiger partial charge in [-0.3, -0.25) is 9.67 Å². The summed E-state index contributed by atoms with van der Waals surface area (Å²) in [7, 11) is 3.84. The summed E-state index contributed by atoms with van der Waals surface area (Å²) in [5, 5.41) is 7.83. The number of benzene rings is 1. The Morgan fingerprint density at radius 3 is 2.72 bits per heavy atom. The van der Waals surface area contributed by atoms with Crippen LogP contribution in [0.3, 0.4) is 0 Å². The molecule has 25 heavy (non-hydrogen) atoms. The standard InChI is InChI=1S/C19H27N5.HI/c1-4-15-7-5-6-8-16(15)11-21-19(20-2)24-10-9-17(14-24)18-12-22-23(3)13-18;/h5-8,12-13,17H,4,9-11,14H2,1-3H3,(H,20,21);1H. The number of aryl methyl sites for hydroxylation is 2. The van der Waals surface area contributed by atoms with Crippen LogP contribution < -0.4 is 5.32 Å². The van der Waals surface area contributed by atoms with Crippen molar-refractivity contribution in [2.24, 2.45) is 12.0 Å². The van der Waals surface area contributed by atoms with E-state index in [2.05, 4.69) is 57.7 Å². The summed E-state index contributed by atoms with van der Waals surface area (Å²) in [4.78, 5) is 6.84. The smallest absolute Gasteiger partial charge is 0.193 e. The van der Waals surface area contributed by atoms with E-state index in [4.69, 9.17) is 0 Å². The fourth-order valence-corrected chi connectivity index (χ4v) is 3.46. The fourth-order valence-electron chi connectivity index (χ4n) is 3.46. The van der Waals surface area contributed by atoms with Crippen molar-refractivity contribution >= 4 is 29.9 Å². The summed E-state index contributed by atoms with van der Waals surface area (Å²) < 4.78 is 1.88. The number of hydrogen-bond acceptors (Lipinski definition) is 2. The molecule has 1 unspecified atom stereocenters. The van der Waals surface area contributed by atoms with Crippen LogP contribution in [-0.2, 0) is 20.0 Å². The van der Waals surface area contributed by atoms with E-state index < -0.39 is 0 Å². The van der Waals surface area contributed by atoms with Crippen molar-refractivity contribution in [3.63, 3.8) is 0 Å². The Hall–Kier alpha value is -1.57. The molecule has 0 bridgehead atoms. The third kappa shape index (κ3) is 4.74. The van der Waals surface area contributed by atoms with E-state index in [0.717, 1.165) is 38.4 Å². The topological polar surface area (TPSA) is 45.5 Å². The lowest BCUT2D eigenvalue weighted by Gasteiger charge is -2.22. The molecule has 2 heterocycles. The second-order valence-corrected chi connectivity index (χ2v) is 6.40. The number of nitrogens with zero attached hydrogens (tertiary/aromatic N) is 4. The zero-order valence-corrected chi connectivity index (χ0v) is 17.6. The van der Waals surface area contributed by atoms with Crippen LogP contribution in [0.2, 0.25) is 0 Å². The van der Waals surface area contributed by atoms with Gasteiger partial charge in [0.05, 0.1) is 6.20 Å². The molecule has 0 radical (unpaired) electrons. The van der Waals surface area contributed by atoms with E-state index in [9.17, 15) is 0 Å². The Labute approximate surface area is 167 Å². The number of guanidine groups is 1. The molecule has 1 fully saturated rings. The molecule has 1 aromatic carbocycles. The molecule has 3 rings (SSSR count). The molecule has 5 nitrogen and oxygen atoms in total. The van der Waals surface area contributed by atoms with Gasteiger partial charge in [-0.1, -0.05) is 31.2 Å². The Morgan fingerprint density at radius 2 is 2.08 bits per heavy atom. The monoisotopic (exact) mass is 453 g/mol. The molecular weight excluding hydrogens is 425 g/mol. The van der Waals surface area contributed by atoms with Crippen LogP contribution in [0.4, 0.5) is 0 Å². The molecule has 0 amide bonds. The minimum absolute atomic E-state index is 0. The van der Waals surface area contributed by atoms with E-state index in [-0.39, 0.29) is 24.0 Å². The van der Waals surface area contributed by atoms with Crippen LogP contribution in [0.1, 0.15) is 36.0 Å². The maximum atomic E-state index is 4.48. The first kappa shape index (κ1) is 19.8. The minimum atomic E-state index is 0. The molecule has 1 aliphatic heterocycles. The molecule has 2 aromatic rings. The van der Waals surface area contributed by atoms with Crippen molar-refractivity contribution in [1.82, 2.24) is 20.0 Å². The first-order valence-corrected chi connectivity index (χ1v) is 8.72. The van der Waals surface area contributed by atoms with E-state index in [1.807, 2.05) is 25.0 Å². The van der Waals surface area contributed by atoms with E-state index >= 15 is 0 Å². The number of rotatable bonds is 4. The van der Waals surface area contributed by atoms with E-state index in [1.165, 1.54) is 16.7 Å². The Bertz CT molecular complexity index is 709. The molecule has 6 heteroatoms. The van der Waals surface area contributed by atoms with E-state index in [0.29, 0.717) is 5.92 Å². The quantitative estimate of drug-likeness (QED) is 0.440. The van der Waals surface area contributed by atoms with Crippen molar-refractivity contribution < 1.29 is 0 Å². The third-order valence-electron chi connectivity index (χ3n) is 4.83. The number of hydrogen-bond donors (Lipinski definition) is 1. The SMILES string of the molecule is CCc1ccccc1CNC(=NC)N1CCC(c2cnn(C)c2)C1.I. The number of aliphatic imine (C=N–C) groups is 1. The van der Waals surface area contributed by atoms with Crippen molar-refractivity contribution in [1.29, 1.82) is 0 Å². The largest absolute Gasteiger partial charge is 0.352 e. The second-order valence-electron chi connectivity index (χ2n) is 6.40. The first-order chi connectivity index (χ1) is 11.7. The minimum Gasteiger partial charge on any atom is -0.352 e. The lowest BCUT2D eigenvalue weighted by Crippen LogP contribution is -2.39. The number of aromatic nitrogens is 2. The third-order valence-corrected chi connectivity index (χ3v) is 4.83. The van der Waals surface area contributed by atoms with Crippen molar-refractivity contribution in [3.05, 3.63) is 53.3 Å². The van der Waals surface area contributed by atoms with E-state index in [1.54, 1.807) is 0 Å². The zero-order valence-electron chi connectivity index (χ0n) is 15.3. The number of halogens is 1. The van der Waals surface area contributed by atoms with Crippen molar-refractivity contribution in [2.75, 3.05) is 20.1 Å². The van der Waals surface area contributed by atoms with Crippen molar-refractivity contribution in [3.8, 4) is 0 Å². The van der Waals surface area contributed by atoms with Gasteiger partial charge in [0, 0.05) is 45.8 Å². The molecular formula is C19H28IN5. The van der Waals surface area contributed by atoms with Gasteiger partial charge in [-0.25, -0.2) is 0 Å². The van der Waals surface area contributed by atoms with Gasteiger partial charge < -0.3 is 10.2 Å². The first-order valence-electron chi connectivity index (χ1n) is 8.72. The molecule has 1 atom stereocenters. The van der Waals surface area contributed by atoms with Gasteiger partial charge in [0.25, 0.3) is 0 Å². The van der Waals surface area contributed by atoms with Gasteiger partial charge in [-0.15, -0.1) is 24.0 Å². The maximum absolute atomic E-state index is 4.48. The Balaban J connectivity index is 0.00000225. The van der Waals surface area contributed by atoms with Crippen molar-refractivity contribution in [2.45, 2.75) is 32.2 Å². The number of nitrogens with one attached hydrogen (secondary N) is 1. The summed E-state index contributed by atoms with van der Waals surface area (Å²) >= 11 is 0. The average molecular weight is 453 g/mol. The molecule has 0 spiro atoms. The summed E-state index contributed by atoms with van der Waals surface area (Å²) in [6, 6.07) is 8.61. The lowest BCUT2D eigenvalue weighted by molar-refractivity contribution is 0.485. The van der Waals surface area contributed by atoms with Gasteiger partial charge in [0.1, 0.15) is 0 Å². The number of likely N-dealkylation sites (tertiary alicyclic amines) is 1. The predicted molar refractivity (Wildman–Crippen MR) is 114 cm³/mol. The summed E-state index contributed by atoms with van der Waals surface area (Å²) in [6.45, 7) is 5.06. The van der Waals surface area contributed by atoms with Gasteiger partial charge in [0.2, 0.25) is 0 Å². The van der Waals surface area contributed by atoms with Crippen LogP contribution in [0.25, 0.3) is 0 Å². The summed E-state index contributed by atoms with van der Waals surface area (Å²) in [5.74, 6) is 1.53. The highest BCUT2D eigenvalue weighted by Gasteiger charge is 2.26. The fraction of sp³-hybridized carbons (Fsp3) is 0.474. The highest BCUT2D eigenvalue weighted by molar-refractivity contribution is 14.0.